The third kappa shape index (κ3) is 3.46. The van der Waals surface area contributed by atoms with Gasteiger partial charge in [0.25, 0.3) is 0 Å². The zero-order chi connectivity index (χ0) is 12.6. The van der Waals surface area contributed by atoms with Crippen LogP contribution in [0.4, 0.5) is 0 Å². The summed E-state index contributed by atoms with van der Waals surface area (Å²) in [5.74, 6) is 0. The highest BCUT2D eigenvalue weighted by Crippen LogP contribution is 2.05. The Labute approximate surface area is 106 Å². The zero-order valence-electron chi connectivity index (χ0n) is 9.78. The Hall–Kier alpha value is -2.60. The molecule has 0 radical (unpaired) electrons. The van der Waals surface area contributed by atoms with Gasteiger partial charge in [-0.1, -0.05) is 47.6 Å². The predicted molar refractivity (Wildman–Crippen MR) is 70.0 cm³/mol. The van der Waals surface area contributed by atoms with Crippen LogP contribution >= 0.6 is 0 Å². The van der Waals surface area contributed by atoms with E-state index in [9.17, 15) is 0 Å². The average molecular weight is 236 g/mol. The van der Waals surface area contributed by atoms with Crippen molar-refractivity contribution in [2.24, 2.45) is 5.16 Å². The smallest absolute Gasteiger partial charge is 0.142 e. The minimum atomic E-state index is 0.360. The van der Waals surface area contributed by atoms with E-state index in [1.807, 2.05) is 42.5 Å². The molecule has 88 valence electrons. The maximum Gasteiger partial charge on any atom is 0.142 e. The van der Waals surface area contributed by atoms with Crippen LogP contribution in [0, 0.1) is 11.3 Å². The van der Waals surface area contributed by atoms with Gasteiger partial charge in [0.15, 0.2) is 0 Å². The van der Waals surface area contributed by atoms with Crippen molar-refractivity contribution in [3.8, 4) is 6.07 Å². The molecular weight excluding hydrogens is 224 g/mol. The number of hydrogen-bond donors (Lipinski definition) is 0. The molecule has 0 aliphatic rings. The van der Waals surface area contributed by atoms with Crippen molar-refractivity contribution >= 4 is 6.21 Å². The second-order valence-corrected chi connectivity index (χ2v) is 3.73. The topological polar surface area (TPSA) is 45.4 Å². The third-order valence-corrected chi connectivity index (χ3v) is 2.36. The number of nitrogens with zero attached hydrogens (tertiary/aromatic N) is 2. The molecular formula is C15H12N2O. The lowest BCUT2D eigenvalue weighted by molar-refractivity contribution is 0.132. The summed E-state index contributed by atoms with van der Waals surface area (Å²) in [6, 6.07) is 19.1. The van der Waals surface area contributed by atoms with E-state index in [0.29, 0.717) is 12.2 Å². The van der Waals surface area contributed by atoms with Crippen LogP contribution in [0.5, 0.6) is 0 Å². The van der Waals surface area contributed by atoms with Crippen molar-refractivity contribution in [3.63, 3.8) is 0 Å². The minimum absolute atomic E-state index is 0.360. The fourth-order valence-corrected chi connectivity index (χ4v) is 1.48. The molecule has 18 heavy (non-hydrogen) atoms. The van der Waals surface area contributed by atoms with Crippen LogP contribution in [-0.4, -0.2) is 6.21 Å². The molecule has 0 spiro atoms. The van der Waals surface area contributed by atoms with Gasteiger partial charge in [0.2, 0.25) is 0 Å². The van der Waals surface area contributed by atoms with E-state index in [1.165, 1.54) is 0 Å². The molecule has 0 aliphatic heterocycles. The molecule has 3 nitrogen and oxygen atoms in total. The summed E-state index contributed by atoms with van der Waals surface area (Å²) in [7, 11) is 0. The Morgan fingerprint density at radius 3 is 2.72 bits per heavy atom. The van der Waals surface area contributed by atoms with Gasteiger partial charge >= 0.3 is 0 Å². The van der Waals surface area contributed by atoms with Crippen LogP contribution in [0.3, 0.4) is 0 Å². The minimum Gasteiger partial charge on any atom is -0.391 e. The number of hydrogen-bond acceptors (Lipinski definition) is 3. The van der Waals surface area contributed by atoms with Crippen LogP contribution in [-0.2, 0) is 11.4 Å². The number of rotatable bonds is 4. The van der Waals surface area contributed by atoms with Gasteiger partial charge in [-0.25, -0.2) is 0 Å². The van der Waals surface area contributed by atoms with Gasteiger partial charge in [0.05, 0.1) is 17.8 Å². The van der Waals surface area contributed by atoms with Crippen molar-refractivity contribution in [3.05, 3.63) is 71.3 Å². The van der Waals surface area contributed by atoms with Gasteiger partial charge < -0.3 is 4.84 Å². The van der Waals surface area contributed by atoms with E-state index in [4.69, 9.17) is 10.1 Å². The molecule has 0 N–H and O–H groups in total. The first-order valence-electron chi connectivity index (χ1n) is 5.58. The second kappa shape index (κ2) is 6.21. The monoisotopic (exact) mass is 236 g/mol. The average Bonchev–Trinajstić information content (AvgIpc) is 2.45. The van der Waals surface area contributed by atoms with Crippen LogP contribution < -0.4 is 0 Å². The Morgan fingerprint density at radius 2 is 1.94 bits per heavy atom. The van der Waals surface area contributed by atoms with E-state index in [1.54, 1.807) is 18.3 Å². The standard InChI is InChI=1S/C15H12N2O/c16-10-14-7-4-8-15(9-14)12-18-17-11-13-5-2-1-3-6-13/h1-9,11H,12H2. The van der Waals surface area contributed by atoms with Gasteiger partial charge in [-0.15, -0.1) is 0 Å². The zero-order valence-corrected chi connectivity index (χ0v) is 9.78. The molecule has 0 heterocycles. The summed E-state index contributed by atoms with van der Waals surface area (Å²) in [5, 5.41) is 12.6. The Morgan fingerprint density at radius 1 is 1.11 bits per heavy atom. The lowest BCUT2D eigenvalue weighted by Crippen LogP contribution is -1.89. The second-order valence-electron chi connectivity index (χ2n) is 3.73. The lowest BCUT2D eigenvalue weighted by Gasteiger charge is -1.99. The summed E-state index contributed by atoms with van der Waals surface area (Å²) >= 11 is 0. The molecule has 0 bridgehead atoms. The first-order chi connectivity index (χ1) is 8.88. The molecule has 2 aromatic carbocycles. The molecule has 2 aromatic rings. The van der Waals surface area contributed by atoms with Crippen LogP contribution in [0.1, 0.15) is 16.7 Å². The summed E-state index contributed by atoms with van der Waals surface area (Å²) in [6.07, 6.45) is 1.66. The molecule has 0 fully saturated rings. The molecule has 0 atom stereocenters. The number of nitriles is 1. The quantitative estimate of drug-likeness (QED) is 0.604. The Balaban J connectivity index is 1.89. The van der Waals surface area contributed by atoms with Crippen molar-refractivity contribution in [1.29, 1.82) is 5.26 Å². The fourth-order valence-electron chi connectivity index (χ4n) is 1.48. The predicted octanol–water partition coefficient (Wildman–Crippen LogP) is 3.11. The van der Waals surface area contributed by atoms with Crippen LogP contribution in [0.2, 0.25) is 0 Å². The normalized spacial score (nSPS) is 10.2. The molecule has 0 aromatic heterocycles. The van der Waals surface area contributed by atoms with E-state index < -0.39 is 0 Å². The summed E-state index contributed by atoms with van der Waals surface area (Å²) < 4.78 is 0. The highest BCUT2D eigenvalue weighted by molar-refractivity contribution is 5.78. The maximum atomic E-state index is 8.76. The first-order valence-corrected chi connectivity index (χ1v) is 5.58. The third-order valence-electron chi connectivity index (χ3n) is 2.36. The van der Waals surface area contributed by atoms with Crippen molar-refractivity contribution in [2.75, 3.05) is 0 Å². The van der Waals surface area contributed by atoms with E-state index >= 15 is 0 Å². The first kappa shape index (κ1) is 11.9. The van der Waals surface area contributed by atoms with Gasteiger partial charge in [0.1, 0.15) is 6.61 Å². The molecule has 0 saturated carbocycles. The number of oxime groups is 1. The largest absolute Gasteiger partial charge is 0.391 e. The van der Waals surface area contributed by atoms with Gasteiger partial charge in [0, 0.05) is 0 Å². The summed E-state index contributed by atoms with van der Waals surface area (Å²) in [6.45, 7) is 0.360. The van der Waals surface area contributed by atoms with Crippen molar-refractivity contribution in [1.82, 2.24) is 0 Å². The van der Waals surface area contributed by atoms with Gasteiger partial charge in [-0.2, -0.15) is 5.26 Å². The van der Waals surface area contributed by atoms with Crippen molar-refractivity contribution < 1.29 is 4.84 Å². The van der Waals surface area contributed by atoms with Crippen molar-refractivity contribution in [2.45, 2.75) is 6.61 Å². The maximum absolute atomic E-state index is 8.76. The fraction of sp³-hybridized carbons (Fsp3) is 0.0667. The van der Waals surface area contributed by atoms with Gasteiger partial charge in [-0.3, -0.25) is 0 Å². The number of benzene rings is 2. The molecule has 0 unspecified atom stereocenters. The van der Waals surface area contributed by atoms with Gasteiger partial charge in [-0.05, 0) is 23.3 Å². The van der Waals surface area contributed by atoms with Crippen LogP contribution in [0.25, 0.3) is 0 Å². The molecule has 0 saturated heterocycles. The highest BCUT2D eigenvalue weighted by Gasteiger charge is 1.94. The Bertz CT molecular complexity index is 571. The van der Waals surface area contributed by atoms with E-state index in [0.717, 1.165) is 11.1 Å². The van der Waals surface area contributed by atoms with E-state index in [2.05, 4.69) is 11.2 Å². The molecule has 3 heteroatoms. The SMILES string of the molecule is N#Cc1cccc(CON=Cc2ccccc2)c1. The highest BCUT2D eigenvalue weighted by atomic mass is 16.6. The van der Waals surface area contributed by atoms with E-state index in [-0.39, 0.29) is 0 Å². The summed E-state index contributed by atoms with van der Waals surface area (Å²) in [4.78, 5) is 5.18. The summed E-state index contributed by atoms with van der Waals surface area (Å²) in [5.41, 5.74) is 2.55. The molecule has 0 aliphatic carbocycles. The molecule has 0 amide bonds. The Kier molecular flexibility index (Phi) is 4.10. The lowest BCUT2D eigenvalue weighted by atomic mass is 10.1. The van der Waals surface area contributed by atoms with Crippen LogP contribution in [0.15, 0.2) is 59.8 Å². The molecule has 2 rings (SSSR count).